The molecule has 1 aliphatic rings. The fourth-order valence-corrected chi connectivity index (χ4v) is 3.98. The standard InChI is InChI=1S/C23H23Cl2NO5/c1-13(2)31-16-7-4-14(5-8-16)21(27)19-20(17-9-6-15(24)12-18(17)25)26(10-11-30-3)23(29)22(19)28/h4-9,12-13,20,27H,10-11H2,1-3H3. The van der Waals surface area contributed by atoms with Crippen molar-refractivity contribution in [3.8, 4) is 5.75 Å². The van der Waals surface area contributed by atoms with E-state index in [-0.39, 0.29) is 35.6 Å². The van der Waals surface area contributed by atoms with Crippen LogP contribution in [0.3, 0.4) is 0 Å². The van der Waals surface area contributed by atoms with Crippen molar-refractivity contribution < 1.29 is 24.2 Å². The van der Waals surface area contributed by atoms with E-state index in [0.29, 0.717) is 21.9 Å². The lowest BCUT2D eigenvalue weighted by molar-refractivity contribution is -0.140. The Morgan fingerprint density at radius 3 is 2.39 bits per heavy atom. The van der Waals surface area contributed by atoms with Crippen LogP contribution in [0.1, 0.15) is 31.0 Å². The van der Waals surface area contributed by atoms with Crippen molar-refractivity contribution in [1.29, 1.82) is 0 Å². The van der Waals surface area contributed by atoms with Crippen LogP contribution in [0.4, 0.5) is 0 Å². The van der Waals surface area contributed by atoms with Gasteiger partial charge in [-0.25, -0.2) is 0 Å². The molecule has 0 saturated carbocycles. The van der Waals surface area contributed by atoms with Gasteiger partial charge >= 0.3 is 0 Å². The van der Waals surface area contributed by atoms with Crippen LogP contribution in [-0.4, -0.2) is 48.1 Å². The number of rotatable bonds is 7. The third-order valence-electron chi connectivity index (χ3n) is 4.83. The fourth-order valence-electron chi connectivity index (χ4n) is 3.47. The Balaban J connectivity index is 2.12. The van der Waals surface area contributed by atoms with Gasteiger partial charge in [0, 0.05) is 29.3 Å². The second-order valence-electron chi connectivity index (χ2n) is 7.34. The van der Waals surface area contributed by atoms with Crippen LogP contribution in [0.2, 0.25) is 10.0 Å². The largest absolute Gasteiger partial charge is 0.507 e. The van der Waals surface area contributed by atoms with E-state index >= 15 is 0 Å². The van der Waals surface area contributed by atoms with Crippen molar-refractivity contribution in [2.75, 3.05) is 20.3 Å². The molecule has 3 rings (SSSR count). The Bertz CT molecular complexity index is 1020. The van der Waals surface area contributed by atoms with Gasteiger partial charge in [0.25, 0.3) is 11.7 Å². The van der Waals surface area contributed by atoms with Crippen LogP contribution in [0.15, 0.2) is 48.0 Å². The maximum atomic E-state index is 12.9. The summed E-state index contributed by atoms with van der Waals surface area (Å²) in [5.74, 6) is -1.17. The quantitative estimate of drug-likeness (QED) is 0.360. The zero-order chi connectivity index (χ0) is 22.7. The molecule has 31 heavy (non-hydrogen) atoms. The molecule has 1 N–H and O–H groups in total. The first-order valence-electron chi connectivity index (χ1n) is 9.74. The van der Waals surface area contributed by atoms with E-state index in [2.05, 4.69) is 0 Å². The molecule has 1 saturated heterocycles. The molecule has 1 amide bonds. The van der Waals surface area contributed by atoms with E-state index < -0.39 is 17.7 Å². The van der Waals surface area contributed by atoms with Crippen LogP contribution >= 0.6 is 23.2 Å². The number of carbonyl (C=O) groups excluding carboxylic acids is 2. The molecule has 1 fully saturated rings. The van der Waals surface area contributed by atoms with E-state index in [9.17, 15) is 14.7 Å². The molecular weight excluding hydrogens is 441 g/mol. The third-order valence-corrected chi connectivity index (χ3v) is 5.40. The first kappa shape index (κ1) is 23.1. The van der Waals surface area contributed by atoms with Gasteiger partial charge in [-0.1, -0.05) is 29.3 Å². The second-order valence-corrected chi connectivity index (χ2v) is 8.19. The van der Waals surface area contributed by atoms with Gasteiger partial charge in [0.1, 0.15) is 11.5 Å². The number of carbonyl (C=O) groups is 2. The summed E-state index contributed by atoms with van der Waals surface area (Å²) in [6, 6.07) is 10.6. The summed E-state index contributed by atoms with van der Waals surface area (Å²) in [7, 11) is 1.50. The first-order valence-corrected chi connectivity index (χ1v) is 10.5. The minimum Gasteiger partial charge on any atom is -0.507 e. The molecule has 164 valence electrons. The number of hydrogen-bond acceptors (Lipinski definition) is 5. The number of ketones is 1. The summed E-state index contributed by atoms with van der Waals surface area (Å²) in [4.78, 5) is 27.1. The maximum absolute atomic E-state index is 12.9. The number of nitrogens with zero attached hydrogens (tertiary/aromatic N) is 1. The van der Waals surface area contributed by atoms with Crippen LogP contribution in [0.25, 0.3) is 5.76 Å². The van der Waals surface area contributed by atoms with Gasteiger partial charge in [-0.15, -0.1) is 0 Å². The minimum atomic E-state index is -0.869. The highest BCUT2D eigenvalue weighted by Crippen LogP contribution is 2.42. The topological polar surface area (TPSA) is 76.1 Å². The molecule has 0 radical (unpaired) electrons. The zero-order valence-corrected chi connectivity index (χ0v) is 18.9. The zero-order valence-electron chi connectivity index (χ0n) is 17.4. The summed E-state index contributed by atoms with van der Waals surface area (Å²) >= 11 is 12.4. The van der Waals surface area contributed by atoms with Gasteiger partial charge in [0.05, 0.1) is 24.3 Å². The lowest BCUT2D eigenvalue weighted by Crippen LogP contribution is -2.32. The van der Waals surface area contributed by atoms with E-state index in [4.69, 9.17) is 32.7 Å². The molecule has 1 atom stereocenters. The van der Waals surface area contributed by atoms with Crippen molar-refractivity contribution in [2.45, 2.75) is 26.0 Å². The molecular formula is C23H23Cl2NO5. The smallest absolute Gasteiger partial charge is 0.295 e. The predicted molar refractivity (Wildman–Crippen MR) is 120 cm³/mol. The van der Waals surface area contributed by atoms with Crippen molar-refractivity contribution in [3.63, 3.8) is 0 Å². The highest BCUT2D eigenvalue weighted by Gasteiger charge is 2.46. The molecule has 1 aliphatic heterocycles. The van der Waals surface area contributed by atoms with E-state index in [0.717, 1.165) is 0 Å². The number of amides is 1. The Hall–Kier alpha value is -2.54. The highest BCUT2D eigenvalue weighted by molar-refractivity contribution is 6.47. The molecule has 2 aromatic rings. The number of methoxy groups -OCH3 is 1. The first-order chi connectivity index (χ1) is 14.7. The minimum absolute atomic E-state index is 0.00222. The highest BCUT2D eigenvalue weighted by atomic mass is 35.5. The van der Waals surface area contributed by atoms with E-state index in [1.165, 1.54) is 18.1 Å². The normalized spacial score (nSPS) is 18.1. The van der Waals surface area contributed by atoms with Crippen LogP contribution in [-0.2, 0) is 14.3 Å². The Morgan fingerprint density at radius 1 is 1.13 bits per heavy atom. The molecule has 0 aromatic heterocycles. The lowest BCUT2D eigenvalue weighted by atomic mass is 9.95. The van der Waals surface area contributed by atoms with E-state index in [1.807, 2.05) is 13.8 Å². The monoisotopic (exact) mass is 463 g/mol. The number of likely N-dealkylation sites (tertiary alicyclic amines) is 1. The SMILES string of the molecule is COCCN1C(=O)C(=O)C(=C(O)c2ccc(OC(C)C)cc2)C1c1ccc(Cl)cc1Cl. The number of aliphatic hydroxyl groups excluding tert-OH is 1. The molecule has 0 bridgehead atoms. The predicted octanol–water partition coefficient (Wildman–Crippen LogP) is 4.85. The summed E-state index contributed by atoms with van der Waals surface area (Å²) in [6.45, 7) is 4.19. The summed E-state index contributed by atoms with van der Waals surface area (Å²) in [5, 5.41) is 11.7. The number of ether oxygens (including phenoxy) is 2. The molecule has 1 heterocycles. The molecule has 6 nitrogen and oxygen atoms in total. The molecule has 8 heteroatoms. The van der Waals surface area contributed by atoms with Crippen LogP contribution in [0, 0.1) is 0 Å². The summed E-state index contributed by atoms with van der Waals surface area (Å²) < 4.78 is 10.7. The summed E-state index contributed by atoms with van der Waals surface area (Å²) in [5.41, 5.74) is 0.835. The fraction of sp³-hybridized carbons (Fsp3) is 0.304. The lowest BCUT2D eigenvalue weighted by Gasteiger charge is -2.25. The van der Waals surface area contributed by atoms with Gasteiger partial charge in [-0.2, -0.15) is 0 Å². The van der Waals surface area contributed by atoms with Crippen LogP contribution in [0.5, 0.6) is 5.75 Å². The molecule has 0 spiro atoms. The second kappa shape index (κ2) is 9.73. The van der Waals surface area contributed by atoms with Gasteiger partial charge in [0.2, 0.25) is 0 Å². The molecule has 1 unspecified atom stereocenters. The number of halogens is 2. The number of Topliss-reactive ketones (excluding diaryl/α,β-unsaturated/α-hetero) is 1. The van der Waals surface area contributed by atoms with Crippen molar-refractivity contribution in [1.82, 2.24) is 4.90 Å². The van der Waals surface area contributed by atoms with Gasteiger partial charge in [0.15, 0.2) is 0 Å². The Morgan fingerprint density at radius 2 is 1.81 bits per heavy atom. The summed E-state index contributed by atoms with van der Waals surface area (Å²) in [6.07, 6.45) is -0.00222. The van der Waals surface area contributed by atoms with Crippen LogP contribution < -0.4 is 4.74 Å². The average Bonchev–Trinajstić information content (AvgIpc) is 2.96. The number of benzene rings is 2. The average molecular weight is 464 g/mol. The maximum Gasteiger partial charge on any atom is 0.295 e. The van der Waals surface area contributed by atoms with Gasteiger partial charge in [-0.05, 0) is 55.8 Å². The molecule has 2 aromatic carbocycles. The number of hydrogen-bond donors (Lipinski definition) is 1. The third kappa shape index (κ3) is 4.87. The number of aliphatic hydroxyl groups is 1. The van der Waals surface area contributed by atoms with Gasteiger partial charge in [-0.3, -0.25) is 9.59 Å². The van der Waals surface area contributed by atoms with Gasteiger partial charge < -0.3 is 19.5 Å². The Kier molecular flexibility index (Phi) is 7.26. The van der Waals surface area contributed by atoms with Crippen molar-refractivity contribution >= 4 is 40.7 Å². The van der Waals surface area contributed by atoms with E-state index in [1.54, 1.807) is 36.4 Å². The molecule has 0 aliphatic carbocycles. The Labute approximate surface area is 191 Å². The van der Waals surface area contributed by atoms with Crippen molar-refractivity contribution in [3.05, 3.63) is 69.2 Å². The van der Waals surface area contributed by atoms with Crippen molar-refractivity contribution in [2.24, 2.45) is 0 Å².